The van der Waals surface area contributed by atoms with Crippen LogP contribution in [0.5, 0.6) is 5.88 Å². The lowest BCUT2D eigenvalue weighted by molar-refractivity contribution is 0.0527. The largest absolute Gasteiger partial charge is 0.494 e. The Bertz CT molecular complexity index is 1510. The first kappa shape index (κ1) is 23.4. The number of aryl methyl sites for hydroxylation is 3. The molecule has 0 bridgehead atoms. The van der Waals surface area contributed by atoms with Crippen molar-refractivity contribution in [2.75, 3.05) is 6.61 Å². The number of nitrogens with zero attached hydrogens (tertiary/aromatic N) is 2. The van der Waals surface area contributed by atoms with Gasteiger partial charge in [-0.3, -0.25) is 4.79 Å². The molecule has 7 heteroatoms. The van der Waals surface area contributed by atoms with E-state index in [9.17, 15) is 14.7 Å². The summed E-state index contributed by atoms with van der Waals surface area (Å²) in [5.41, 5.74) is 4.00. The maximum Gasteiger partial charge on any atom is 0.341 e. The zero-order chi connectivity index (χ0) is 24.6. The quantitative estimate of drug-likeness (QED) is 0.288. The number of aromatic nitrogens is 1. The second-order valence-electron chi connectivity index (χ2n) is 8.13. The van der Waals surface area contributed by atoms with Gasteiger partial charge in [0.2, 0.25) is 5.88 Å². The number of pyridine rings is 1. The minimum Gasteiger partial charge on any atom is -0.494 e. The Morgan fingerprint density at radius 1 is 1.09 bits per heavy atom. The Kier molecular flexibility index (Phi) is 6.39. The van der Waals surface area contributed by atoms with E-state index in [0.717, 1.165) is 21.6 Å². The van der Waals surface area contributed by atoms with Crippen molar-refractivity contribution in [2.45, 2.75) is 34.6 Å². The summed E-state index contributed by atoms with van der Waals surface area (Å²) in [5.74, 6) is -0.635. The summed E-state index contributed by atoms with van der Waals surface area (Å²) in [4.78, 5) is 31.4. The lowest BCUT2D eigenvalue weighted by Crippen LogP contribution is -2.20. The van der Waals surface area contributed by atoms with Crippen LogP contribution in [0.1, 0.15) is 44.4 Å². The summed E-state index contributed by atoms with van der Waals surface area (Å²) in [6.45, 7) is 9.77. The molecule has 0 unspecified atom stereocenters. The number of aliphatic imine (C=N–C) groups is 1. The minimum absolute atomic E-state index is 0.210. The first-order chi connectivity index (χ1) is 16.2. The molecule has 0 atom stereocenters. The highest BCUT2D eigenvalue weighted by atomic mass is 32.1. The predicted molar refractivity (Wildman–Crippen MR) is 138 cm³/mol. The van der Waals surface area contributed by atoms with Gasteiger partial charge in [0, 0.05) is 21.9 Å². The Balaban J connectivity index is 1.95. The molecular formula is C27H26N2O4S. The number of fused-ring (bicyclic) bond motifs is 1. The molecule has 0 saturated heterocycles. The van der Waals surface area contributed by atoms with Crippen molar-refractivity contribution < 1.29 is 14.6 Å². The van der Waals surface area contributed by atoms with Crippen molar-refractivity contribution >= 4 is 39.3 Å². The Morgan fingerprint density at radius 3 is 2.47 bits per heavy atom. The van der Waals surface area contributed by atoms with Crippen LogP contribution in [0.2, 0.25) is 0 Å². The molecule has 0 radical (unpaired) electrons. The van der Waals surface area contributed by atoms with E-state index in [1.54, 1.807) is 25.1 Å². The number of carbonyl (C=O) groups excluding carboxylic acids is 1. The van der Waals surface area contributed by atoms with E-state index in [4.69, 9.17) is 4.74 Å². The van der Waals surface area contributed by atoms with Gasteiger partial charge in [-0.05, 0) is 69.5 Å². The topological polar surface area (TPSA) is 80.9 Å². The summed E-state index contributed by atoms with van der Waals surface area (Å²) >= 11 is 1.38. The van der Waals surface area contributed by atoms with Crippen molar-refractivity contribution in [3.05, 3.63) is 85.5 Å². The molecule has 2 heterocycles. The second kappa shape index (κ2) is 9.27. The molecule has 174 valence electrons. The maximum absolute atomic E-state index is 13.3. The highest BCUT2D eigenvalue weighted by molar-refractivity contribution is 7.16. The van der Waals surface area contributed by atoms with E-state index in [0.29, 0.717) is 32.6 Å². The molecule has 0 fully saturated rings. The van der Waals surface area contributed by atoms with Crippen LogP contribution in [0.15, 0.2) is 52.3 Å². The Morgan fingerprint density at radius 2 is 1.79 bits per heavy atom. The molecule has 0 amide bonds. The van der Waals surface area contributed by atoms with Gasteiger partial charge in [0.05, 0.1) is 23.4 Å². The highest BCUT2D eigenvalue weighted by Gasteiger charge is 2.21. The lowest BCUT2D eigenvalue weighted by atomic mass is 10.1. The fraction of sp³-hybridized carbons (Fsp3) is 0.222. The van der Waals surface area contributed by atoms with Crippen molar-refractivity contribution in [3.63, 3.8) is 0 Å². The van der Waals surface area contributed by atoms with Crippen LogP contribution < -0.4 is 5.56 Å². The molecule has 0 aliphatic rings. The average molecular weight is 475 g/mol. The number of esters is 1. The number of ether oxygens (including phenoxy) is 1. The van der Waals surface area contributed by atoms with Gasteiger partial charge in [-0.15, -0.1) is 11.3 Å². The van der Waals surface area contributed by atoms with Gasteiger partial charge in [-0.1, -0.05) is 24.3 Å². The van der Waals surface area contributed by atoms with E-state index in [-0.39, 0.29) is 18.0 Å². The summed E-state index contributed by atoms with van der Waals surface area (Å²) in [7, 11) is 0. The van der Waals surface area contributed by atoms with Crippen LogP contribution in [0, 0.1) is 27.7 Å². The highest BCUT2D eigenvalue weighted by Crippen LogP contribution is 2.36. The number of aromatic hydroxyl groups is 1. The third kappa shape index (κ3) is 4.03. The van der Waals surface area contributed by atoms with Gasteiger partial charge in [-0.2, -0.15) is 0 Å². The number of carbonyl (C=O) groups is 1. The lowest BCUT2D eigenvalue weighted by Gasteiger charge is -2.14. The zero-order valence-corrected chi connectivity index (χ0v) is 20.6. The van der Waals surface area contributed by atoms with E-state index in [1.165, 1.54) is 22.1 Å². The summed E-state index contributed by atoms with van der Waals surface area (Å²) < 4.78 is 6.52. The average Bonchev–Trinajstić information content (AvgIpc) is 3.09. The molecule has 4 aromatic rings. The molecule has 34 heavy (non-hydrogen) atoms. The number of rotatable bonds is 5. The fourth-order valence-electron chi connectivity index (χ4n) is 3.86. The van der Waals surface area contributed by atoms with Crippen LogP contribution >= 0.6 is 11.3 Å². The number of thiophene rings is 1. The van der Waals surface area contributed by atoms with Crippen LogP contribution in [0.3, 0.4) is 0 Å². The predicted octanol–water partition coefficient (Wildman–Crippen LogP) is 5.92. The first-order valence-corrected chi connectivity index (χ1v) is 11.8. The molecular weight excluding hydrogens is 448 g/mol. The third-order valence-electron chi connectivity index (χ3n) is 6.01. The number of hydrogen-bond acceptors (Lipinski definition) is 6. The Labute approximate surface area is 201 Å². The molecule has 2 aromatic heterocycles. The van der Waals surface area contributed by atoms with E-state index >= 15 is 0 Å². The molecule has 4 rings (SSSR count). The number of benzene rings is 2. The molecule has 0 aliphatic heterocycles. The smallest absolute Gasteiger partial charge is 0.341 e. The standard InChI is InChI=1S/C27H26N2O4S/c1-6-33-27(32)23-17(4)18(5)34-24(23)28-14-22-20-9-7-8-10-21(20)25(30)29(26(22)31)19-12-11-15(2)16(3)13-19/h7-14,31H,6H2,1-5H3/b28-14+. The van der Waals surface area contributed by atoms with Gasteiger partial charge < -0.3 is 9.84 Å². The van der Waals surface area contributed by atoms with E-state index in [1.807, 2.05) is 52.0 Å². The van der Waals surface area contributed by atoms with Crippen LogP contribution in [-0.4, -0.2) is 28.5 Å². The molecule has 6 nitrogen and oxygen atoms in total. The van der Waals surface area contributed by atoms with Gasteiger partial charge in [0.15, 0.2) is 0 Å². The van der Waals surface area contributed by atoms with Gasteiger partial charge in [-0.25, -0.2) is 14.4 Å². The van der Waals surface area contributed by atoms with Crippen molar-refractivity contribution in [1.29, 1.82) is 0 Å². The van der Waals surface area contributed by atoms with Crippen LogP contribution in [0.25, 0.3) is 16.5 Å². The van der Waals surface area contributed by atoms with E-state index in [2.05, 4.69) is 4.99 Å². The van der Waals surface area contributed by atoms with Gasteiger partial charge in [0.1, 0.15) is 5.00 Å². The van der Waals surface area contributed by atoms with Crippen LogP contribution in [0.4, 0.5) is 5.00 Å². The monoisotopic (exact) mass is 474 g/mol. The minimum atomic E-state index is -0.425. The zero-order valence-electron chi connectivity index (χ0n) is 19.8. The second-order valence-corrected chi connectivity index (χ2v) is 9.34. The van der Waals surface area contributed by atoms with Crippen molar-refractivity contribution in [3.8, 4) is 11.6 Å². The molecule has 0 spiro atoms. The van der Waals surface area contributed by atoms with Crippen LogP contribution in [-0.2, 0) is 4.74 Å². The molecule has 2 aromatic carbocycles. The normalized spacial score (nSPS) is 11.4. The SMILES string of the molecule is CCOC(=O)c1c(/N=C/c2c(O)n(-c3ccc(C)c(C)c3)c(=O)c3ccccc23)sc(C)c1C. The fourth-order valence-corrected chi connectivity index (χ4v) is 4.85. The summed E-state index contributed by atoms with van der Waals surface area (Å²) in [6, 6.07) is 12.7. The molecule has 1 N–H and O–H groups in total. The molecule has 0 aliphatic carbocycles. The first-order valence-electron chi connectivity index (χ1n) is 11.0. The van der Waals surface area contributed by atoms with E-state index < -0.39 is 5.97 Å². The third-order valence-corrected chi connectivity index (χ3v) is 7.12. The number of hydrogen-bond donors (Lipinski definition) is 1. The Hall–Kier alpha value is -3.71. The summed E-state index contributed by atoms with van der Waals surface area (Å²) in [6.07, 6.45) is 1.52. The maximum atomic E-state index is 13.3. The van der Waals surface area contributed by atoms with Gasteiger partial charge in [0.25, 0.3) is 5.56 Å². The van der Waals surface area contributed by atoms with Crippen molar-refractivity contribution in [1.82, 2.24) is 4.57 Å². The molecule has 0 saturated carbocycles. The summed E-state index contributed by atoms with van der Waals surface area (Å²) in [5, 5.41) is 12.8. The van der Waals surface area contributed by atoms with Crippen molar-refractivity contribution in [2.24, 2.45) is 4.99 Å². The van der Waals surface area contributed by atoms with Gasteiger partial charge >= 0.3 is 5.97 Å².